The van der Waals surface area contributed by atoms with Gasteiger partial charge in [0, 0.05) is 22.7 Å². The van der Waals surface area contributed by atoms with Crippen molar-refractivity contribution in [3.8, 4) is 0 Å². The van der Waals surface area contributed by atoms with Crippen LogP contribution in [-0.2, 0) is 11.2 Å². The summed E-state index contributed by atoms with van der Waals surface area (Å²) in [7, 11) is 0. The molecule has 0 bridgehead atoms. The van der Waals surface area contributed by atoms with Crippen LogP contribution in [0.3, 0.4) is 0 Å². The van der Waals surface area contributed by atoms with Crippen molar-refractivity contribution in [2.24, 2.45) is 0 Å². The number of fused-ring (bicyclic) bond motifs is 1. The third-order valence-electron chi connectivity index (χ3n) is 5.61. The molecule has 0 aromatic heterocycles. The fourth-order valence-electron chi connectivity index (χ4n) is 4.01. The number of carboxylic acid groups (broad SMARTS) is 1. The number of hydrogen-bond donors (Lipinski definition) is 1. The van der Waals surface area contributed by atoms with Crippen LogP contribution in [0.5, 0.6) is 0 Å². The monoisotopic (exact) mass is 469 g/mol. The number of anilines is 2. The number of benzene rings is 3. The van der Waals surface area contributed by atoms with E-state index < -0.39 is 5.97 Å². The summed E-state index contributed by atoms with van der Waals surface area (Å²) in [6.07, 6.45) is 3.90. The number of rotatable bonds is 7. The molecular formula is C29H24ClNO3. The number of ether oxygens (including phenoxy) is 1. The average molecular weight is 470 g/mol. The highest BCUT2D eigenvalue weighted by Gasteiger charge is 2.31. The Morgan fingerprint density at radius 3 is 2.44 bits per heavy atom. The Kier molecular flexibility index (Phi) is 6.71. The molecule has 0 saturated carbocycles. The second kappa shape index (κ2) is 9.86. The fraction of sp³-hybridized carbons (Fsp3) is 0.0690. The van der Waals surface area contributed by atoms with Crippen molar-refractivity contribution in [2.75, 3.05) is 4.90 Å². The number of allylic oxidation sites excluding steroid dienone is 3. The van der Waals surface area contributed by atoms with Crippen LogP contribution in [0.4, 0.5) is 11.4 Å². The summed E-state index contributed by atoms with van der Waals surface area (Å²) in [5.41, 5.74) is 6.48. The Bertz CT molecular complexity index is 1320. The maximum Gasteiger partial charge on any atom is 0.335 e. The number of carboxylic acids is 1. The Hall–Kier alpha value is -4.02. The summed E-state index contributed by atoms with van der Waals surface area (Å²) < 4.78 is 5.87. The van der Waals surface area contributed by atoms with Gasteiger partial charge in [-0.15, -0.1) is 0 Å². The third-order valence-corrected chi connectivity index (χ3v) is 5.84. The summed E-state index contributed by atoms with van der Waals surface area (Å²) in [5, 5.41) is 9.86. The molecule has 0 aliphatic carbocycles. The molecule has 1 aliphatic rings. The molecule has 1 aliphatic heterocycles. The minimum absolute atomic E-state index is 0.243. The molecule has 0 saturated heterocycles. The molecule has 0 unspecified atom stereocenters. The van der Waals surface area contributed by atoms with Gasteiger partial charge in [-0.3, -0.25) is 0 Å². The second-order valence-electron chi connectivity index (χ2n) is 7.83. The van der Waals surface area contributed by atoms with Crippen LogP contribution in [0, 0.1) is 0 Å². The first kappa shape index (κ1) is 23.1. The van der Waals surface area contributed by atoms with E-state index in [1.165, 1.54) is 0 Å². The lowest BCUT2D eigenvalue weighted by Crippen LogP contribution is -2.26. The van der Waals surface area contributed by atoms with E-state index in [1.54, 1.807) is 24.5 Å². The van der Waals surface area contributed by atoms with Crippen LogP contribution >= 0.6 is 11.6 Å². The van der Waals surface area contributed by atoms with E-state index in [0.29, 0.717) is 17.2 Å². The standard InChI is InChI=1S/C29H24ClNO3/c1-4-16-34-20(3)28-26(17-21-10-12-22(13-11-21)29(32)33)19(2)25-15-14-23(30)18-27(25)31(28)24-8-6-5-7-9-24/h4-16,18H,2-3,17H2,1H3,(H,32,33)/b16-4-. The average Bonchev–Trinajstić information content (AvgIpc) is 2.84. The zero-order chi connectivity index (χ0) is 24.2. The molecular weight excluding hydrogens is 446 g/mol. The largest absolute Gasteiger partial charge is 0.478 e. The normalized spacial score (nSPS) is 13.2. The summed E-state index contributed by atoms with van der Waals surface area (Å²) in [4.78, 5) is 13.4. The van der Waals surface area contributed by atoms with E-state index >= 15 is 0 Å². The molecule has 170 valence electrons. The number of aromatic carboxylic acids is 1. The summed E-state index contributed by atoms with van der Waals surface area (Å²) in [6, 6.07) is 22.5. The molecule has 0 fully saturated rings. The van der Waals surface area contributed by atoms with E-state index in [4.69, 9.17) is 16.3 Å². The first-order valence-electron chi connectivity index (χ1n) is 10.8. The quantitative estimate of drug-likeness (QED) is 0.359. The molecule has 0 spiro atoms. The van der Waals surface area contributed by atoms with Crippen LogP contribution in [0.2, 0.25) is 5.02 Å². The van der Waals surface area contributed by atoms with Crippen molar-refractivity contribution in [2.45, 2.75) is 13.3 Å². The molecule has 4 nitrogen and oxygen atoms in total. The predicted octanol–water partition coefficient (Wildman–Crippen LogP) is 7.76. The lowest BCUT2D eigenvalue weighted by atomic mass is 9.86. The first-order valence-corrected chi connectivity index (χ1v) is 11.2. The number of halogens is 1. The van der Waals surface area contributed by atoms with Crippen LogP contribution in [-0.4, -0.2) is 11.1 Å². The van der Waals surface area contributed by atoms with E-state index in [2.05, 4.69) is 18.1 Å². The van der Waals surface area contributed by atoms with E-state index in [9.17, 15) is 9.90 Å². The van der Waals surface area contributed by atoms with Crippen molar-refractivity contribution in [1.82, 2.24) is 0 Å². The lowest BCUT2D eigenvalue weighted by Gasteiger charge is -2.37. The van der Waals surface area contributed by atoms with Crippen LogP contribution in [0.25, 0.3) is 5.57 Å². The maximum atomic E-state index is 11.3. The Balaban J connectivity index is 1.93. The summed E-state index contributed by atoms with van der Waals surface area (Å²) in [6.45, 7) is 10.5. The van der Waals surface area contributed by atoms with Gasteiger partial charge in [0.25, 0.3) is 0 Å². The molecule has 1 N–H and O–H groups in total. The molecule has 5 heteroatoms. The van der Waals surface area contributed by atoms with Crippen molar-refractivity contribution < 1.29 is 14.6 Å². The van der Waals surface area contributed by atoms with Crippen molar-refractivity contribution in [1.29, 1.82) is 0 Å². The molecule has 3 aromatic rings. The van der Waals surface area contributed by atoms with Gasteiger partial charge < -0.3 is 14.7 Å². The Labute approximate surface area is 204 Å². The van der Waals surface area contributed by atoms with E-state index in [0.717, 1.165) is 39.3 Å². The molecule has 1 heterocycles. The number of hydrogen-bond acceptors (Lipinski definition) is 3. The van der Waals surface area contributed by atoms with E-state index in [-0.39, 0.29) is 5.56 Å². The summed E-state index contributed by atoms with van der Waals surface area (Å²) in [5.74, 6) is -0.492. The minimum atomic E-state index is -0.956. The first-order chi connectivity index (χ1) is 16.4. The summed E-state index contributed by atoms with van der Waals surface area (Å²) >= 11 is 6.41. The van der Waals surface area contributed by atoms with Gasteiger partial charge in [-0.1, -0.05) is 67.2 Å². The maximum absolute atomic E-state index is 11.3. The van der Waals surface area contributed by atoms with Crippen LogP contribution < -0.4 is 4.90 Å². The predicted molar refractivity (Wildman–Crippen MR) is 138 cm³/mol. The third kappa shape index (κ3) is 4.54. The zero-order valence-corrected chi connectivity index (χ0v) is 19.5. The van der Waals surface area contributed by atoms with Gasteiger partial charge in [-0.2, -0.15) is 0 Å². The Morgan fingerprint density at radius 2 is 1.79 bits per heavy atom. The number of nitrogens with zero attached hydrogens (tertiary/aromatic N) is 1. The van der Waals surface area contributed by atoms with Gasteiger partial charge in [-0.25, -0.2) is 4.79 Å². The van der Waals surface area contributed by atoms with Crippen molar-refractivity contribution in [3.63, 3.8) is 0 Å². The van der Waals surface area contributed by atoms with Crippen molar-refractivity contribution in [3.05, 3.63) is 137 Å². The molecule has 4 rings (SSSR count). The van der Waals surface area contributed by atoms with Gasteiger partial charge in [0.2, 0.25) is 0 Å². The van der Waals surface area contributed by atoms with Gasteiger partial charge in [0.15, 0.2) is 0 Å². The molecule has 0 amide bonds. The minimum Gasteiger partial charge on any atom is -0.478 e. The smallest absolute Gasteiger partial charge is 0.335 e. The SMILES string of the molecule is C=C(O/C=C\C)C1=C(Cc2ccc(C(=O)O)cc2)C(=C)c2ccc(Cl)cc2N1c1ccccc1. The number of carbonyl (C=O) groups is 1. The zero-order valence-electron chi connectivity index (χ0n) is 18.8. The fourth-order valence-corrected chi connectivity index (χ4v) is 4.18. The topological polar surface area (TPSA) is 49.8 Å². The molecule has 3 aromatic carbocycles. The highest BCUT2D eigenvalue weighted by Crippen LogP contribution is 2.47. The molecule has 34 heavy (non-hydrogen) atoms. The van der Waals surface area contributed by atoms with E-state index in [1.807, 2.05) is 67.6 Å². The highest BCUT2D eigenvalue weighted by molar-refractivity contribution is 6.31. The van der Waals surface area contributed by atoms with Gasteiger partial charge in [0.1, 0.15) is 5.76 Å². The molecule has 0 atom stereocenters. The van der Waals surface area contributed by atoms with Crippen LogP contribution in [0.15, 0.2) is 115 Å². The lowest BCUT2D eigenvalue weighted by molar-refractivity contribution is 0.0697. The van der Waals surface area contributed by atoms with Crippen LogP contribution in [0.1, 0.15) is 28.4 Å². The van der Waals surface area contributed by atoms with Gasteiger partial charge in [-0.05, 0) is 60.0 Å². The van der Waals surface area contributed by atoms with Crippen molar-refractivity contribution >= 4 is 34.5 Å². The highest BCUT2D eigenvalue weighted by atomic mass is 35.5. The Morgan fingerprint density at radius 1 is 1.09 bits per heavy atom. The number of para-hydroxylation sites is 1. The van der Waals surface area contributed by atoms with Gasteiger partial charge in [0.05, 0.1) is 23.2 Å². The van der Waals surface area contributed by atoms with Gasteiger partial charge >= 0.3 is 5.97 Å². The molecule has 0 radical (unpaired) electrons. The second-order valence-corrected chi connectivity index (χ2v) is 8.26.